The molecular weight excluding hydrogens is 470 g/mol. The summed E-state index contributed by atoms with van der Waals surface area (Å²) in [4.78, 5) is 7.10. The molecule has 0 saturated heterocycles. The summed E-state index contributed by atoms with van der Waals surface area (Å²) in [6.45, 7) is 3.99. The number of aromatic nitrogens is 3. The summed E-state index contributed by atoms with van der Waals surface area (Å²) in [7, 11) is 1.96. The van der Waals surface area contributed by atoms with E-state index in [1.54, 1.807) is 12.1 Å². The van der Waals surface area contributed by atoms with E-state index in [1.807, 2.05) is 24.6 Å². The van der Waals surface area contributed by atoms with Crippen LogP contribution in [-0.4, -0.2) is 38.2 Å². The van der Waals surface area contributed by atoms with Gasteiger partial charge in [-0.1, -0.05) is 18.9 Å². The highest BCUT2D eigenvalue weighted by molar-refractivity contribution is 14.0. The number of nitrogens with zero attached hydrogens (tertiary/aromatic N) is 5. The zero-order chi connectivity index (χ0) is 18.8. The fourth-order valence-electron chi connectivity index (χ4n) is 3.93. The minimum atomic E-state index is -0.174. The molecule has 1 N–H and O–H groups in total. The summed E-state index contributed by atoms with van der Waals surface area (Å²) in [6.07, 6.45) is 5.80. The second kappa shape index (κ2) is 9.19. The van der Waals surface area contributed by atoms with Crippen LogP contribution in [0.3, 0.4) is 0 Å². The SMILES string of the molecule is Cc1nnc(CN=C(NC2CCCC2)N2CCc3ccc(F)cc3C2)n1C.I. The monoisotopic (exact) mass is 498 g/mol. The van der Waals surface area contributed by atoms with Crippen molar-refractivity contribution in [3.05, 3.63) is 46.8 Å². The van der Waals surface area contributed by atoms with Crippen LogP contribution in [0, 0.1) is 12.7 Å². The van der Waals surface area contributed by atoms with Crippen molar-refractivity contribution in [2.24, 2.45) is 12.0 Å². The molecule has 152 valence electrons. The first kappa shape index (κ1) is 21.0. The Balaban J connectivity index is 0.00000225. The fourth-order valence-corrected chi connectivity index (χ4v) is 3.93. The van der Waals surface area contributed by atoms with Gasteiger partial charge in [0.05, 0.1) is 0 Å². The Morgan fingerprint density at radius 3 is 2.75 bits per heavy atom. The normalized spacial score (nSPS) is 17.4. The number of rotatable bonds is 3. The predicted molar refractivity (Wildman–Crippen MR) is 118 cm³/mol. The quantitative estimate of drug-likeness (QED) is 0.401. The van der Waals surface area contributed by atoms with E-state index in [-0.39, 0.29) is 29.8 Å². The van der Waals surface area contributed by atoms with Gasteiger partial charge in [-0.25, -0.2) is 9.38 Å². The molecule has 1 aromatic carbocycles. The Kier molecular flexibility index (Phi) is 6.90. The van der Waals surface area contributed by atoms with Gasteiger partial charge in [0.2, 0.25) is 0 Å². The minimum absolute atomic E-state index is 0. The number of hydrogen-bond acceptors (Lipinski definition) is 3. The summed E-state index contributed by atoms with van der Waals surface area (Å²) in [5, 5.41) is 12.0. The first-order chi connectivity index (χ1) is 13.1. The van der Waals surface area contributed by atoms with E-state index in [1.165, 1.54) is 31.2 Å². The highest BCUT2D eigenvalue weighted by Crippen LogP contribution is 2.22. The highest BCUT2D eigenvalue weighted by atomic mass is 127. The summed E-state index contributed by atoms with van der Waals surface area (Å²) < 4.78 is 15.7. The van der Waals surface area contributed by atoms with Gasteiger partial charge in [0.1, 0.15) is 18.2 Å². The van der Waals surface area contributed by atoms with E-state index in [9.17, 15) is 4.39 Å². The molecule has 0 radical (unpaired) electrons. The Morgan fingerprint density at radius 1 is 1.25 bits per heavy atom. The Bertz CT molecular complexity index is 843. The van der Waals surface area contributed by atoms with Crippen molar-refractivity contribution in [3.63, 3.8) is 0 Å². The maximum Gasteiger partial charge on any atom is 0.194 e. The molecule has 1 fully saturated rings. The van der Waals surface area contributed by atoms with Crippen molar-refractivity contribution in [1.29, 1.82) is 0 Å². The second-order valence-electron chi connectivity index (χ2n) is 7.57. The van der Waals surface area contributed by atoms with E-state index < -0.39 is 0 Å². The minimum Gasteiger partial charge on any atom is -0.353 e. The molecule has 1 aliphatic heterocycles. The number of fused-ring (bicyclic) bond motifs is 1. The van der Waals surface area contributed by atoms with Gasteiger partial charge in [0.15, 0.2) is 11.8 Å². The molecule has 1 aliphatic carbocycles. The Morgan fingerprint density at radius 2 is 2.04 bits per heavy atom. The number of benzene rings is 1. The van der Waals surface area contributed by atoms with E-state index >= 15 is 0 Å². The lowest BCUT2D eigenvalue weighted by atomic mass is 10.00. The van der Waals surface area contributed by atoms with Gasteiger partial charge in [-0.3, -0.25) is 0 Å². The summed E-state index contributed by atoms with van der Waals surface area (Å²) in [5.41, 5.74) is 2.29. The molecule has 28 heavy (non-hydrogen) atoms. The van der Waals surface area contributed by atoms with E-state index in [4.69, 9.17) is 4.99 Å². The molecule has 0 atom stereocenters. The standard InChI is InChI=1S/C20H27FN6.HI/c1-14-24-25-19(26(14)2)12-22-20(23-18-5-3-4-6-18)27-10-9-15-7-8-17(21)11-16(15)13-27;/h7-8,11,18H,3-6,9-10,12-13H2,1-2H3,(H,22,23);1H. The fraction of sp³-hybridized carbons (Fsp3) is 0.550. The second-order valence-corrected chi connectivity index (χ2v) is 7.57. The van der Waals surface area contributed by atoms with E-state index in [0.29, 0.717) is 19.1 Å². The van der Waals surface area contributed by atoms with Gasteiger partial charge in [-0.15, -0.1) is 34.2 Å². The largest absolute Gasteiger partial charge is 0.353 e. The number of halogens is 2. The molecule has 2 aliphatic rings. The Labute approximate surface area is 182 Å². The van der Waals surface area contributed by atoms with Crippen LogP contribution >= 0.6 is 24.0 Å². The molecule has 0 amide bonds. The zero-order valence-electron chi connectivity index (χ0n) is 16.5. The van der Waals surface area contributed by atoms with Gasteiger partial charge < -0.3 is 14.8 Å². The average Bonchev–Trinajstić information content (AvgIpc) is 3.29. The maximum atomic E-state index is 13.7. The van der Waals surface area contributed by atoms with Crippen molar-refractivity contribution in [2.75, 3.05) is 6.54 Å². The van der Waals surface area contributed by atoms with Gasteiger partial charge in [-0.2, -0.15) is 0 Å². The number of hydrogen-bond donors (Lipinski definition) is 1. The van der Waals surface area contributed by atoms with E-state index in [2.05, 4.69) is 20.4 Å². The topological polar surface area (TPSA) is 58.3 Å². The molecule has 0 unspecified atom stereocenters. The van der Waals surface area contributed by atoms with Crippen LogP contribution in [0.1, 0.15) is 48.5 Å². The van der Waals surface area contributed by atoms with Crippen molar-refractivity contribution in [2.45, 2.75) is 58.2 Å². The van der Waals surface area contributed by atoms with Crippen molar-refractivity contribution < 1.29 is 4.39 Å². The first-order valence-corrected chi connectivity index (χ1v) is 9.78. The van der Waals surface area contributed by atoms with Crippen LogP contribution in [-0.2, 0) is 26.6 Å². The summed E-state index contributed by atoms with van der Waals surface area (Å²) in [6, 6.07) is 5.59. The average molecular weight is 498 g/mol. The lowest BCUT2D eigenvalue weighted by Crippen LogP contribution is -2.47. The molecule has 8 heteroatoms. The van der Waals surface area contributed by atoms with Gasteiger partial charge in [0, 0.05) is 26.2 Å². The van der Waals surface area contributed by atoms with Gasteiger partial charge in [0.25, 0.3) is 0 Å². The van der Waals surface area contributed by atoms with Crippen LogP contribution in [0.5, 0.6) is 0 Å². The number of aryl methyl sites for hydroxylation is 1. The zero-order valence-corrected chi connectivity index (χ0v) is 18.8. The molecule has 2 heterocycles. The third-order valence-corrected chi connectivity index (χ3v) is 5.72. The smallest absolute Gasteiger partial charge is 0.194 e. The summed E-state index contributed by atoms with van der Waals surface area (Å²) in [5.74, 6) is 2.46. The number of guanidine groups is 1. The molecule has 2 aromatic rings. The lowest BCUT2D eigenvalue weighted by molar-refractivity contribution is 0.368. The lowest BCUT2D eigenvalue weighted by Gasteiger charge is -2.33. The third kappa shape index (κ3) is 4.64. The van der Waals surface area contributed by atoms with Crippen LogP contribution in [0.15, 0.2) is 23.2 Å². The molecule has 1 aromatic heterocycles. The van der Waals surface area contributed by atoms with Gasteiger partial charge >= 0.3 is 0 Å². The Hall–Kier alpha value is -1.71. The third-order valence-electron chi connectivity index (χ3n) is 5.72. The number of aliphatic imine (C=N–C) groups is 1. The predicted octanol–water partition coefficient (Wildman–Crippen LogP) is 3.33. The first-order valence-electron chi connectivity index (χ1n) is 9.78. The van der Waals surface area contributed by atoms with Crippen molar-refractivity contribution in [3.8, 4) is 0 Å². The molecule has 0 bridgehead atoms. The number of nitrogens with one attached hydrogen (secondary N) is 1. The van der Waals surface area contributed by atoms with Crippen LogP contribution in [0.25, 0.3) is 0 Å². The molecule has 1 saturated carbocycles. The van der Waals surface area contributed by atoms with Crippen LogP contribution in [0.2, 0.25) is 0 Å². The molecule has 4 rings (SSSR count). The van der Waals surface area contributed by atoms with Crippen molar-refractivity contribution in [1.82, 2.24) is 25.0 Å². The molecular formula is C20H28FIN6. The maximum absolute atomic E-state index is 13.7. The molecule has 0 spiro atoms. The van der Waals surface area contributed by atoms with Crippen molar-refractivity contribution >= 4 is 29.9 Å². The van der Waals surface area contributed by atoms with Crippen LogP contribution in [0.4, 0.5) is 4.39 Å². The molecule has 6 nitrogen and oxygen atoms in total. The van der Waals surface area contributed by atoms with E-state index in [0.717, 1.165) is 36.1 Å². The highest BCUT2D eigenvalue weighted by Gasteiger charge is 2.23. The van der Waals surface area contributed by atoms with Gasteiger partial charge in [-0.05, 0) is 49.4 Å². The summed E-state index contributed by atoms with van der Waals surface area (Å²) >= 11 is 0. The van der Waals surface area contributed by atoms with Crippen LogP contribution < -0.4 is 5.32 Å².